The van der Waals surface area contributed by atoms with E-state index in [1.807, 2.05) is 18.2 Å². The Morgan fingerprint density at radius 1 is 1.24 bits per heavy atom. The molecule has 2 nitrogen and oxygen atoms in total. The molecule has 1 aliphatic rings. The minimum Gasteiger partial charge on any atom is -0.394 e. The van der Waals surface area contributed by atoms with Gasteiger partial charge in [-0.15, -0.1) is 0 Å². The summed E-state index contributed by atoms with van der Waals surface area (Å²) in [5, 5.41) is 9.56. The Morgan fingerprint density at radius 3 is 2.29 bits per heavy atom. The van der Waals surface area contributed by atoms with E-state index in [2.05, 4.69) is 37.8 Å². The van der Waals surface area contributed by atoms with Gasteiger partial charge in [-0.2, -0.15) is 0 Å². The SMILES string of the molecule is CC(C)(C)C1CN([C@@H](CO)c2ccccc2)C1. The molecule has 0 unspecified atom stereocenters. The number of hydrogen-bond donors (Lipinski definition) is 1. The van der Waals surface area contributed by atoms with Gasteiger partial charge in [0.05, 0.1) is 12.6 Å². The third-order valence-electron chi connectivity index (χ3n) is 3.93. The van der Waals surface area contributed by atoms with Gasteiger partial charge in [-0.1, -0.05) is 51.1 Å². The monoisotopic (exact) mass is 233 g/mol. The Morgan fingerprint density at radius 2 is 1.82 bits per heavy atom. The Labute approximate surface area is 104 Å². The molecule has 0 spiro atoms. The Balaban J connectivity index is 1.99. The van der Waals surface area contributed by atoms with Crippen LogP contribution in [0.3, 0.4) is 0 Å². The zero-order valence-electron chi connectivity index (χ0n) is 11.1. The highest BCUT2D eigenvalue weighted by molar-refractivity contribution is 5.20. The summed E-state index contributed by atoms with van der Waals surface area (Å²) in [6.45, 7) is 9.30. The molecule has 0 bridgehead atoms. The van der Waals surface area contributed by atoms with Gasteiger partial charge in [-0.25, -0.2) is 0 Å². The minimum absolute atomic E-state index is 0.176. The van der Waals surface area contributed by atoms with Crippen molar-refractivity contribution >= 4 is 0 Å². The number of hydrogen-bond acceptors (Lipinski definition) is 2. The van der Waals surface area contributed by atoms with Crippen molar-refractivity contribution in [2.45, 2.75) is 26.8 Å². The molecule has 0 aliphatic carbocycles. The van der Waals surface area contributed by atoms with Crippen LogP contribution in [0.25, 0.3) is 0 Å². The van der Waals surface area contributed by atoms with Crippen LogP contribution in [0, 0.1) is 11.3 Å². The molecule has 1 fully saturated rings. The quantitative estimate of drug-likeness (QED) is 0.867. The number of rotatable bonds is 3. The van der Waals surface area contributed by atoms with Gasteiger partial charge in [0.15, 0.2) is 0 Å². The summed E-state index contributed by atoms with van der Waals surface area (Å²) in [6, 6.07) is 10.5. The second kappa shape index (κ2) is 4.79. The lowest BCUT2D eigenvalue weighted by Gasteiger charge is -2.49. The van der Waals surface area contributed by atoms with E-state index in [1.165, 1.54) is 5.56 Å². The number of aliphatic hydroxyl groups excluding tert-OH is 1. The van der Waals surface area contributed by atoms with Gasteiger partial charge in [0.25, 0.3) is 0 Å². The molecule has 17 heavy (non-hydrogen) atoms. The van der Waals surface area contributed by atoms with E-state index in [1.54, 1.807) is 0 Å². The fourth-order valence-electron chi connectivity index (χ4n) is 2.42. The summed E-state index contributed by atoms with van der Waals surface area (Å²) < 4.78 is 0. The van der Waals surface area contributed by atoms with Crippen molar-refractivity contribution in [3.05, 3.63) is 35.9 Å². The molecular formula is C15H23NO. The Kier molecular flexibility index (Phi) is 3.55. The van der Waals surface area contributed by atoms with E-state index >= 15 is 0 Å². The molecule has 1 aliphatic heterocycles. The van der Waals surface area contributed by atoms with Crippen molar-refractivity contribution in [3.8, 4) is 0 Å². The fourth-order valence-corrected chi connectivity index (χ4v) is 2.42. The lowest BCUT2D eigenvalue weighted by molar-refractivity contribution is -0.0245. The predicted octanol–water partition coefficient (Wildman–Crippen LogP) is 2.70. The highest BCUT2D eigenvalue weighted by Gasteiger charge is 2.38. The van der Waals surface area contributed by atoms with E-state index in [4.69, 9.17) is 0 Å². The summed E-state index contributed by atoms with van der Waals surface area (Å²) in [6.07, 6.45) is 0. The second-order valence-corrected chi connectivity index (χ2v) is 6.13. The van der Waals surface area contributed by atoms with Crippen LogP contribution in [0.15, 0.2) is 30.3 Å². The zero-order valence-corrected chi connectivity index (χ0v) is 11.1. The molecule has 2 rings (SSSR count). The van der Waals surface area contributed by atoms with Crippen LogP contribution in [-0.4, -0.2) is 29.7 Å². The summed E-state index contributed by atoms with van der Waals surface area (Å²) in [5.74, 6) is 0.750. The first-order chi connectivity index (χ1) is 8.02. The average molecular weight is 233 g/mol. The van der Waals surface area contributed by atoms with Gasteiger partial charge in [0.2, 0.25) is 0 Å². The average Bonchev–Trinajstić information content (AvgIpc) is 2.22. The van der Waals surface area contributed by atoms with Gasteiger partial charge in [0, 0.05) is 13.1 Å². The number of benzene rings is 1. The second-order valence-electron chi connectivity index (χ2n) is 6.13. The molecule has 94 valence electrons. The van der Waals surface area contributed by atoms with Crippen molar-refractivity contribution in [3.63, 3.8) is 0 Å². The van der Waals surface area contributed by atoms with E-state index in [9.17, 15) is 5.11 Å². The predicted molar refractivity (Wildman–Crippen MR) is 70.8 cm³/mol. The molecule has 0 saturated carbocycles. The van der Waals surface area contributed by atoms with E-state index in [-0.39, 0.29) is 12.6 Å². The molecular weight excluding hydrogens is 210 g/mol. The van der Waals surface area contributed by atoms with Gasteiger partial charge in [-0.3, -0.25) is 4.90 Å². The highest BCUT2D eigenvalue weighted by Crippen LogP contribution is 2.37. The van der Waals surface area contributed by atoms with Crippen LogP contribution in [-0.2, 0) is 0 Å². The summed E-state index contributed by atoms with van der Waals surface area (Å²) in [7, 11) is 0. The van der Waals surface area contributed by atoms with Crippen LogP contribution >= 0.6 is 0 Å². The minimum atomic E-state index is 0.176. The number of nitrogens with zero attached hydrogens (tertiary/aromatic N) is 1. The first kappa shape index (κ1) is 12.6. The van der Waals surface area contributed by atoms with Crippen LogP contribution in [0.4, 0.5) is 0 Å². The van der Waals surface area contributed by atoms with Crippen molar-refractivity contribution in [2.24, 2.45) is 11.3 Å². The molecule has 1 heterocycles. The standard InChI is InChI=1S/C15H23NO/c1-15(2,3)13-9-16(10-13)14(11-17)12-7-5-4-6-8-12/h4-8,13-14,17H,9-11H2,1-3H3/t14-/m0/s1. The lowest BCUT2D eigenvalue weighted by atomic mass is 9.75. The third kappa shape index (κ3) is 2.70. The van der Waals surface area contributed by atoms with E-state index < -0.39 is 0 Å². The van der Waals surface area contributed by atoms with Crippen LogP contribution in [0.5, 0.6) is 0 Å². The summed E-state index contributed by atoms with van der Waals surface area (Å²) >= 11 is 0. The van der Waals surface area contributed by atoms with Crippen molar-refractivity contribution in [1.29, 1.82) is 0 Å². The van der Waals surface area contributed by atoms with Crippen LogP contribution in [0.2, 0.25) is 0 Å². The van der Waals surface area contributed by atoms with Crippen LogP contribution < -0.4 is 0 Å². The largest absolute Gasteiger partial charge is 0.394 e. The van der Waals surface area contributed by atoms with E-state index in [0.29, 0.717) is 5.41 Å². The van der Waals surface area contributed by atoms with Crippen LogP contribution in [0.1, 0.15) is 32.4 Å². The molecule has 1 aromatic carbocycles. The first-order valence-corrected chi connectivity index (χ1v) is 6.42. The van der Waals surface area contributed by atoms with Gasteiger partial charge < -0.3 is 5.11 Å². The summed E-state index contributed by atoms with van der Waals surface area (Å²) in [5.41, 5.74) is 1.61. The van der Waals surface area contributed by atoms with Gasteiger partial charge >= 0.3 is 0 Å². The molecule has 1 atom stereocenters. The number of aliphatic hydroxyl groups is 1. The molecule has 0 radical (unpaired) electrons. The van der Waals surface area contributed by atoms with Gasteiger partial charge in [0.1, 0.15) is 0 Å². The Hall–Kier alpha value is -0.860. The van der Waals surface area contributed by atoms with Crippen molar-refractivity contribution < 1.29 is 5.11 Å². The van der Waals surface area contributed by atoms with Crippen molar-refractivity contribution in [1.82, 2.24) is 4.90 Å². The molecule has 1 aromatic rings. The molecule has 2 heteroatoms. The van der Waals surface area contributed by atoms with Crippen molar-refractivity contribution in [2.75, 3.05) is 19.7 Å². The van der Waals surface area contributed by atoms with E-state index in [0.717, 1.165) is 19.0 Å². The highest BCUT2D eigenvalue weighted by atomic mass is 16.3. The topological polar surface area (TPSA) is 23.5 Å². The summed E-state index contributed by atoms with van der Waals surface area (Å²) in [4.78, 5) is 2.38. The Bertz CT molecular complexity index is 349. The maximum absolute atomic E-state index is 9.56. The maximum Gasteiger partial charge on any atom is 0.0628 e. The number of likely N-dealkylation sites (tertiary alicyclic amines) is 1. The molecule has 0 amide bonds. The first-order valence-electron chi connectivity index (χ1n) is 6.42. The molecule has 1 N–H and O–H groups in total. The third-order valence-corrected chi connectivity index (χ3v) is 3.93. The molecule has 0 aromatic heterocycles. The lowest BCUT2D eigenvalue weighted by Crippen LogP contribution is -2.53. The molecule has 1 saturated heterocycles. The van der Waals surface area contributed by atoms with Gasteiger partial charge in [-0.05, 0) is 16.9 Å². The smallest absolute Gasteiger partial charge is 0.0628 e. The zero-order chi connectivity index (χ0) is 12.5. The maximum atomic E-state index is 9.56. The fraction of sp³-hybridized carbons (Fsp3) is 0.600. The normalized spacial score (nSPS) is 20.0.